The Morgan fingerprint density at radius 2 is 1.40 bits per heavy atom. The van der Waals surface area contributed by atoms with E-state index in [-0.39, 0.29) is 31.9 Å². The number of furan rings is 1. The Morgan fingerprint density at radius 1 is 0.681 bits per heavy atom. The fourth-order valence-electron chi connectivity index (χ4n) is 7.02. The molecule has 2 nitrogen and oxygen atoms in total. The number of benzene rings is 5. The molecule has 8 rings (SSSR count). The summed E-state index contributed by atoms with van der Waals surface area (Å²) in [5.74, 6) is 1.31. The summed E-state index contributed by atoms with van der Waals surface area (Å²) < 4.78 is 6.48. The van der Waals surface area contributed by atoms with Gasteiger partial charge in [0.25, 0.3) is 0 Å². The van der Waals surface area contributed by atoms with Crippen molar-refractivity contribution in [3.05, 3.63) is 179 Å². The van der Waals surface area contributed by atoms with Crippen molar-refractivity contribution in [2.45, 2.75) is 51.4 Å². The van der Waals surface area contributed by atoms with E-state index in [4.69, 9.17) is 4.42 Å². The molecule has 7 aromatic rings. The van der Waals surface area contributed by atoms with Gasteiger partial charge in [-0.2, -0.15) is 36.2 Å². The Labute approximate surface area is 292 Å². The van der Waals surface area contributed by atoms with E-state index in [0.29, 0.717) is 11.8 Å². The van der Waals surface area contributed by atoms with Crippen LogP contribution in [0.2, 0.25) is 0 Å². The second kappa shape index (κ2) is 14.1. The number of aromatic nitrogens is 1. The summed E-state index contributed by atoms with van der Waals surface area (Å²) in [5.41, 5.74) is 12.2. The zero-order valence-corrected chi connectivity index (χ0v) is 29.6. The van der Waals surface area contributed by atoms with Crippen molar-refractivity contribution < 1.29 is 24.5 Å². The first-order chi connectivity index (χ1) is 22.5. The summed E-state index contributed by atoms with van der Waals surface area (Å²) >= 11 is 0. The number of hydrogen-bond acceptors (Lipinski definition) is 2. The second-order valence-corrected chi connectivity index (χ2v) is 12.7. The molecule has 0 radical (unpaired) electrons. The van der Waals surface area contributed by atoms with Gasteiger partial charge in [0.05, 0.1) is 0 Å². The molecule has 5 aromatic carbocycles. The molecular weight excluding hydrogens is 751 g/mol. The Morgan fingerprint density at radius 3 is 2.13 bits per heavy atom. The van der Waals surface area contributed by atoms with Gasteiger partial charge in [0, 0.05) is 17.2 Å². The van der Waals surface area contributed by atoms with Gasteiger partial charge in [0.15, 0.2) is 0 Å². The van der Waals surface area contributed by atoms with E-state index in [1.54, 1.807) is 6.20 Å². The molecule has 2 heterocycles. The molecule has 0 spiro atoms. The van der Waals surface area contributed by atoms with Gasteiger partial charge in [0.1, 0.15) is 5.58 Å². The summed E-state index contributed by atoms with van der Waals surface area (Å²) in [4.78, 5) is 4.22. The molecular formula is C44H38IrNO. The van der Waals surface area contributed by atoms with E-state index < -0.39 is 0 Å². The smallest absolute Gasteiger partial charge is 0.515 e. The van der Waals surface area contributed by atoms with Gasteiger partial charge in [-0.1, -0.05) is 93.6 Å². The second-order valence-electron chi connectivity index (χ2n) is 12.7. The van der Waals surface area contributed by atoms with E-state index in [9.17, 15) is 0 Å². The fourth-order valence-corrected chi connectivity index (χ4v) is 7.02. The average molecular weight is 789 g/mol. The number of fused-ring (bicyclic) bond motifs is 4. The largest absolute Gasteiger partial charge is 3.00 e. The van der Waals surface area contributed by atoms with E-state index in [2.05, 4.69) is 124 Å². The van der Waals surface area contributed by atoms with Crippen molar-refractivity contribution in [3.63, 3.8) is 0 Å². The first-order valence-corrected chi connectivity index (χ1v) is 16.3. The molecule has 1 aliphatic rings. The van der Waals surface area contributed by atoms with Crippen LogP contribution in [0.4, 0.5) is 0 Å². The van der Waals surface area contributed by atoms with Gasteiger partial charge in [-0.25, -0.2) is 0 Å². The standard InChI is InChI=1S/C33H30O.C11H8N.Ir/c1-20(2)23-14-9-15-24(21(3)4)31(23)32-25-12-6-5-11-22(25)19-29(32)28-17-10-16-27-26-13-7-8-18-30(26)34-33(27)28;1-2-6-10(7-3-1)11-8-4-5-9-12-11;/h5-16,18-21,29,32H,1-4H3;1-6,8-9H;/q-2;-1;+3. The van der Waals surface area contributed by atoms with Gasteiger partial charge in [0.2, 0.25) is 0 Å². The minimum Gasteiger partial charge on any atom is -0.515 e. The third-order valence-electron chi connectivity index (χ3n) is 9.13. The SMILES string of the molecule is CC(C)c1cccc(C(C)C)c1C1c2ccccc2[CH-]C1c1[c-]ccc2c1oc1ccccc12.[Ir+3].[c-]1ccccc1-c1ccccn1. The Kier molecular flexibility index (Phi) is 9.78. The van der Waals surface area contributed by atoms with Gasteiger partial charge < -0.3 is 9.40 Å². The summed E-state index contributed by atoms with van der Waals surface area (Å²) in [6, 6.07) is 48.8. The average Bonchev–Trinajstić information content (AvgIpc) is 3.68. The van der Waals surface area contributed by atoms with Gasteiger partial charge in [-0.3, -0.25) is 0 Å². The summed E-state index contributed by atoms with van der Waals surface area (Å²) in [6.45, 7) is 9.26. The van der Waals surface area contributed by atoms with Crippen LogP contribution in [0.5, 0.6) is 0 Å². The predicted octanol–water partition coefficient (Wildman–Crippen LogP) is 11.7. The topological polar surface area (TPSA) is 26.0 Å². The zero-order valence-electron chi connectivity index (χ0n) is 27.2. The molecule has 0 saturated heterocycles. The van der Waals surface area contributed by atoms with E-state index >= 15 is 0 Å². The van der Waals surface area contributed by atoms with Crippen LogP contribution >= 0.6 is 0 Å². The van der Waals surface area contributed by atoms with Gasteiger partial charge in [-0.15, -0.1) is 59.2 Å². The molecule has 2 atom stereocenters. The minimum absolute atomic E-state index is 0. The molecule has 0 N–H and O–H groups in total. The Hall–Kier alpha value is -4.43. The third kappa shape index (κ3) is 6.31. The first kappa shape index (κ1) is 32.5. The van der Waals surface area contributed by atoms with Crippen LogP contribution in [0.15, 0.2) is 132 Å². The first-order valence-electron chi connectivity index (χ1n) is 16.3. The van der Waals surface area contributed by atoms with Crippen molar-refractivity contribution in [3.8, 4) is 11.3 Å². The van der Waals surface area contributed by atoms with Crippen molar-refractivity contribution in [1.82, 2.24) is 4.98 Å². The van der Waals surface area contributed by atoms with Crippen molar-refractivity contribution in [2.75, 3.05) is 0 Å². The third-order valence-corrected chi connectivity index (χ3v) is 9.13. The maximum atomic E-state index is 6.48. The number of pyridine rings is 1. The van der Waals surface area contributed by atoms with E-state index in [1.165, 1.54) is 38.6 Å². The molecule has 2 unspecified atom stereocenters. The number of para-hydroxylation sites is 1. The zero-order chi connectivity index (χ0) is 31.6. The van der Waals surface area contributed by atoms with Crippen molar-refractivity contribution in [2.24, 2.45) is 0 Å². The minimum atomic E-state index is 0. The van der Waals surface area contributed by atoms with Crippen LogP contribution in [0.25, 0.3) is 33.2 Å². The Balaban J connectivity index is 0.000000250. The van der Waals surface area contributed by atoms with Crippen LogP contribution in [0, 0.1) is 18.6 Å². The summed E-state index contributed by atoms with van der Waals surface area (Å²) in [5, 5.41) is 2.35. The van der Waals surface area contributed by atoms with Crippen LogP contribution < -0.4 is 0 Å². The quantitative estimate of drug-likeness (QED) is 0.162. The van der Waals surface area contributed by atoms with Crippen molar-refractivity contribution >= 4 is 21.9 Å². The summed E-state index contributed by atoms with van der Waals surface area (Å²) in [6.07, 6.45) is 4.23. The molecule has 0 fully saturated rings. The molecule has 0 aliphatic heterocycles. The maximum Gasteiger partial charge on any atom is 3.00 e. The van der Waals surface area contributed by atoms with Crippen LogP contribution in [-0.2, 0) is 20.1 Å². The number of hydrogen-bond donors (Lipinski definition) is 0. The molecule has 0 amide bonds. The molecule has 0 bridgehead atoms. The van der Waals surface area contributed by atoms with Crippen LogP contribution in [0.3, 0.4) is 0 Å². The van der Waals surface area contributed by atoms with Crippen LogP contribution in [0.1, 0.15) is 84.7 Å². The van der Waals surface area contributed by atoms with Crippen molar-refractivity contribution in [1.29, 1.82) is 0 Å². The van der Waals surface area contributed by atoms with E-state index in [0.717, 1.165) is 28.0 Å². The van der Waals surface area contributed by atoms with Crippen LogP contribution in [-0.4, -0.2) is 4.98 Å². The summed E-state index contributed by atoms with van der Waals surface area (Å²) in [7, 11) is 0. The predicted molar refractivity (Wildman–Crippen MR) is 190 cm³/mol. The molecule has 47 heavy (non-hydrogen) atoms. The molecule has 234 valence electrons. The van der Waals surface area contributed by atoms with Gasteiger partial charge >= 0.3 is 20.1 Å². The monoisotopic (exact) mass is 789 g/mol. The molecule has 2 aromatic heterocycles. The fraction of sp³-hybridized carbons (Fsp3) is 0.182. The normalized spacial score (nSPS) is 15.2. The Bertz CT molecular complexity index is 2030. The molecule has 1 aliphatic carbocycles. The van der Waals surface area contributed by atoms with Gasteiger partial charge in [-0.05, 0) is 52.3 Å². The molecule has 3 heteroatoms. The number of nitrogens with zero attached hydrogens (tertiary/aromatic N) is 1. The number of rotatable bonds is 5. The maximum absolute atomic E-state index is 6.48. The molecule has 0 saturated carbocycles. The van der Waals surface area contributed by atoms with E-state index in [1.807, 2.05) is 48.5 Å².